The first-order chi connectivity index (χ1) is 21.1. The van der Waals surface area contributed by atoms with Crippen LogP contribution in [0.4, 0.5) is 17.1 Å². The van der Waals surface area contributed by atoms with E-state index in [1.807, 2.05) is 23.5 Å². The van der Waals surface area contributed by atoms with Gasteiger partial charge in [-0.2, -0.15) is 0 Å². The Hall–Kier alpha value is -4.12. The van der Waals surface area contributed by atoms with Gasteiger partial charge in [0.2, 0.25) is 6.71 Å². The molecule has 1 spiro atoms. The van der Waals surface area contributed by atoms with Gasteiger partial charge in [0.05, 0.1) is 16.8 Å². The number of para-hydroxylation sites is 1. The van der Waals surface area contributed by atoms with Gasteiger partial charge in [-0.15, -0.1) is 0 Å². The fourth-order valence-electron chi connectivity index (χ4n) is 8.32. The van der Waals surface area contributed by atoms with Gasteiger partial charge in [-0.25, -0.2) is 0 Å². The van der Waals surface area contributed by atoms with Crippen molar-refractivity contribution in [3.8, 4) is 0 Å². The Bertz CT molecular complexity index is 2050. The van der Waals surface area contributed by atoms with Crippen molar-refractivity contribution >= 4 is 63.7 Å². The molecule has 4 aliphatic rings. The van der Waals surface area contributed by atoms with Gasteiger partial charge in [-0.3, -0.25) is 0 Å². The monoisotopic (exact) mass is 583 g/mol. The quantitative estimate of drug-likeness (QED) is 0.179. The molecule has 0 aromatic heterocycles. The molecule has 43 heavy (non-hydrogen) atoms. The van der Waals surface area contributed by atoms with Gasteiger partial charge in [-0.1, -0.05) is 118 Å². The summed E-state index contributed by atoms with van der Waals surface area (Å²) in [6.45, 7) is 4.74. The highest BCUT2D eigenvalue weighted by atomic mass is 32.2. The zero-order valence-electron chi connectivity index (χ0n) is 23.9. The molecule has 0 saturated heterocycles. The van der Waals surface area contributed by atoms with Crippen LogP contribution in [0.15, 0.2) is 141 Å². The SMILES string of the molecule is Cc1ccc2c(c1)C1(c3cc(C)ccc3N2c2ccccc2)c2cccc3c2B2c4c(cccc4Sc4cccc1c42)S3. The highest BCUT2D eigenvalue weighted by Crippen LogP contribution is 2.59. The van der Waals surface area contributed by atoms with E-state index in [4.69, 9.17) is 0 Å². The van der Waals surface area contributed by atoms with Crippen LogP contribution in [0.1, 0.15) is 33.4 Å². The Morgan fingerprint density at radius 3 is 1.51 bits per heavy atom. The molecule has 0 radical (unpaired) electrons. The lowest BCUT2D eigenvalue weighted by molar-refractivity contribution is 0.730. The molecular formula is C39H26BNS2. The standard InChI is InChI=1S/C39H26BNS2/c1-23-17-19-30-28(21-23)39(29-22-24(2)18-20-31(29)41(30)25-9-4-3-5-10-25)26-11-6-13-32-36(26)40-37-27(39)12-7-14-33(37)43-35-16-8-15-34(42-32)38(35)40/h3-22H,1-2H3. The number of nitrogens with zero attached hydrogens (tertiary/aromatic N) is 1. The molecule has 6 aromatic rings. The molecule has 4 aliphatic heterocycles. The lowest BCUT2D eigenvalue weighted by Crippen LogP contribution is -2.66. The molecule has 0 bridgehead atoms. The fourth-order valence-corrected chi connectivity index (χ4v) is 10.8. The molecule has 4 heteroatoms. The first-order valence-corrected chi connectivity index (χ1v) is 16.6. The first kappa shape index (κ1) is 24.3. The molecule has 0 amide bonds. The molecule has 4 heterocycles. The van der Waals surface area contributed by atoms with E-state index in [1.54, 1.807) is 0 Å². The minimum absolute atomic E-state index is 0.255. The Morgan fingerprint density at radius 2 is 0.977 bits per heavy atom. The predicted molar refractivity (Wildman–Crippen MR) is 182 cm³/mol. The van der Waals surface area contributed by atoms with E-state index in [0.717, 1.165) is 0 Å². The van der Waals surface area contributed by atoms with Crippen LogP contribution in [0.2, 0.25) is 0 Å². The van der Waals surface area contributed by atoms with Crippen LogP contribution in [-0.4, -0.2) is 6.71 Å². The number of anilines is 3. The number of hydrogen-bond acceptors (Lipinski definition) is 3. The Labute approximate surface area is 261 Å². The summed E-state index contributed by atoms with van der Waals surface area (Å²) < 4.78 is 0. The molecule has 0 atom stereocenters. The normalized spacial score (nSPS) is 15.6. The lowest BCUT2D eigenvalue weighted by atomic mass is 9.30. The fraction of sp³-hybridized carbons (Fsp3) is 0.0769. The average Bonchev–Trinajstić information content (AvgIpc) is 3.03. The summed E-state index contributed by atoms with van der Waals surface area (Å²) in [6.07, 6.45) is 0. The van der Waals surface area contributed by atoms with E-state index >= 15 is 0 Å². The van der Waals surface area contributed by atoms with Crippen molar-refractivity contribution in [1.82, 2.24) is 0 Å². The topological polar surface area (TPSA) is 3.24 Å². The maximum atomic E-state index is 2.49. The summed E-state index contributed by atoms with van der Waals surface area (Å²) in [5.41, 5.74) is 16.0. The van der Waals surface area contributed by atoms with Crippen molar-refractivity contribution in [2.75, 3.05) is 4.90 Å². The predicted octanol–water partition coefficient (Wildman–Crippen LogP) is 8.23. The van der Waals surface area contributed by atoms with E-state index in [1.165, 1.54) is 86.4 Å². The third kappa shape index (κ3) is 2.98. The van der Waals surface area contributed by atoms with E-state index in [9.17, 15) is 0 Å². The Kier molecular flexibility index (Phi) is 4.81. The van der Waals surface area contributed by atoms with Gasteiger partial charge in [0.1, 0.15) is 0 Å². The number of rotatable bonds is 1. The minimum atomic E-state index is -0.438. The van der Waals surface area contributed by atoms with Crippen LogP contribution in [0.3, 0.4) is 0 Å². The Morgan fingerprint density at radius 1 is 0.488 bits per heavy atom. The van der Waals surface area contributed by atoms with Crippen molar-refractivity contribution in [2.45, 2.75) is 38.8 Å². The molecule has 6 aromatic carbocycles. The van der Waals surface area contributed by atoms with Crippen LogP contribution in [0.25, 0.3) is 0 Å². The molecule has 10 rings (SSSR count). The number of benzene rings is 6. The third-order valence-electron chi connectivity index (χ3n) is 9.88. The maximum absolute atomic E-state index is 2.49. The van der Waals surface area contributed by atoms with Gasteiger partial charge in [0, 0.05) is 25.3 Å². The van der Waals surface area contributed by atoms with E-state index in [2.05, 4.69) is 140 Å². The first-order valence-electron chi connectivity index (χ1n) is 15.0. The van der Waals surface area contributed by atoms with E-state index < -0.39 is 5.41 Å². The number of fused-ring (bicyclic) bond motifs is 6. The molecular weight excluding hydrogens is 557 g/mol. The van der Waals surface area contributed by atoms with E-state index in [-0.39, 0.29) is 6.71 Å². The van der Waals surface area contributed by atoms with Crippen molar-refractivity contribution in [3.63, 3.8) is 0 Å². The molecule has 0 unspecified atom stereocenters. The molecule has 1 nitrogen and oxygen atoms in total. The minimum Gasteiger partial charge on any atom is -0.310 e. The van der Waals surface area contributed by atoms with Gasteiger partial charge in [0.15, 0.2) is 0 Å². The Balaban J connectivity index is 1.42. The second kappa shape index (κ2) is 8.50. The van der Waals surface area contributed by atoms with Gasteiger partial charge in [0.25, 0.3) is 0 Å². The molecule has 0 N–H and O–H groups in total. The summed E-state index contributed by atoms with van der Waals surface area (Å²) in [7, 11) is 0. The second-order valence-electron chi connectivity index (χ2n) is 12.2. The summed E-state index contributed by atoms with van der Waals surface area (Å²) >= 11 is 3.92. The zero-order chi connectivity index (χ0) is 28.4. The van der Waals surface area contributed by atoms with Crippen LogP contribution in [0, 0.1) is 13.8 Å². The van der Waals surface area contributed by atoms with Crippen LogP contribution in [0.5, 0.6) is 0 Å². The van der Waals surface area contributed by atoms with Crippen molar-refractivity contribution < 1.29 is 0 Å². The molecule has 0 aliphatic carbocycles. The van der Waals surface area contributed by atoms with Gasteiger partial charge in [-0.05, 0) is 90.1 Å². The van der Waals surface area contributed by atoms with Gasteiger partial charge >= 0.3 is 0 Å². The summed E-state index contributed by atoms with van der Waals surface area (Å²) in [6, 6.07) is 46.2. The number of aryl methyl sites for hydroxylation is 2. The van der Waals surface area contributed by atoms with Crippen LogP contribution in [-0.2, 0) is 5.41 Å². The highest BCUT2D eigenvalue weighted by Gasteiger charge is 2.56. The number of hydrogen-bond donors (Lipinski definition) is 0. The molecule has 0 saturated carbocycles. The molecule has 202 valence electrons. The zero-order valence-corrected chi connectivity index (χ0v) is 25.5. The van der Waals surface area contributed by atoms with Crippen LogP contribution < -0.4 is 21.3 Å². The summed E-state index contributed by atoms with van der Waals surface area (Å²) in [5, 5.41) is 0. The smallest absolute Gasteiger partial charge is 0.247 e. The molecule has 0 fully saturated rings. The maximum Gasteiger partial charge on any atom is 0.247 e. The van der Waals surface area contributed by atoms with Crippen molar-refractivity contribution in [2.24, 2.45) is 0 Å². The van der Waals surface area contributed by atoms with E-state index in [0.29, 0.717) is 0 Å². The third-order valence-corrected chi connectivity index (χ3v) is 12.2. The van der Waals surface area contributed by atoms with Crippen LogP contribution >= 0.6 is 23.5 Å². The summed E-state index contributed by atoms with van der Waals surface area (Å²) in [4.78, 5) is 8.09. The highest BCUT2D eigenvalue weighted by molar-refractivity contribution is 8.01. The van der Waals surface area contributed by atoms with Crippen molar-refractivity contribution in [3.05, 3.63) is 155 Å². The van der Waals surface area contributed by atoms with Gasteiger partial charge < -0.3 is 4.90 Å². The summed E-state index contributed by atoms with van der Waals surface area (Å²) in [5.74, 6) is 0. The van der Waals surface area contributed by atoms with Crippen molar-refractivity contribution in [1.29, 1.82) is 0 Å². The second-order valence-corrected chi connectivity index (χ2v) is 14.4. The largest absolute Gasteiger partial charge is 0.310 e. The average molecular weight is 584 g/mol. The lowest BCUT2D eigenvalue weighted by Gasteiger charge is -2.52.